The van der Waals surface area contributed by atoms with Gasteiger partial charge in [-0.2, -0.15) is 0 Å². The predicted octanol–water partition coefficient (Wildman–Crippen LogP) is 12.7. The summed E-state index contributed by atoms with van der Waals surface area (Å²) in [6, 6.07) is 61.8. The Balaban J connectivity index is 0.981. The van der Waals surface area contributed by atoms with Crippen molar-refractivity contribution in [2.24, 2.45) is 0 Å². The molecule has 1 aliphatic carbocycles. The predicted molar refractivity (Wildman–Crippen MR) is 211 cm³/mol. The van der Waals surface area contributed by atoms with Crippen LogP contribution in [0.3, 0.4) is 0 Å². The first-order valence-electron chi connectivity index (χ1n) is 17.5. The fourth-order valence-electron chi connectivity index (χ4n) is 8.02. The number of benzene rings is 7. The number of aromatic nitrogens is 2. The molecule has 0 aliphatic heterocycles. The van der Waals surface area contributed by atoms with E-state index in [1.165, 1.54) is 82.8 Å². The normalized spacial score (nSPS) is 14.6. The SMILES string of the molecule is C1=CC(c2ccc3c(c2)c2ccccc2n3-c2ccccc2)CC=C1c1ccc2c(c1)c1ccccc1n2-c1ccc(-c2ccccc2)cc1. The standard InChI is InChI=1S/C48H34N2/c1-3-11-33(12-4-1)34-23-27-40(28-24-34)50-46-18-10-8-16-42(46)44-32-38(26-30-48(44)50)36-21-19-35(20-22-36)37-25-29-47-43(31-37)41-15-7-9-17-45(41)49(47)39-13-5-2-6-14-39/h1-19,21-32,35H,20H2. The molecule has 1 atom stereocenters. The molecule has 50 heavy (non-hydrogen) atoms. The van der Waals surface area contributed by atoms with Gasteiger partial charge >= 0.3 is 0 Å². The summed E-state index contributed by atoms with van der Waals surface area (Å²) in [6.07, 6.45) is 8.12. The lowest BCUT2D eigenvalue weighted by molar-refractivity contribution is 0.858. The van der Waals surface area contributed by atoms with E-state index < -0.39 is 0 Å². The van der Waals surface area contributed by atoms with Gasteiger partial charge in [0.2, 0.25) is 0 Å². The molecule has 0 fully saturated rings. The van der Waals surface area contributed by atoms with Crippen LogP contribution in [0.2, 0.25) is 0 Å². The molecular formula is C48H34N2. The molecule has 0 N–H and O–H groups in total. The fraction of sp³-hybridized carbons (Fsp3) is 0.0417. The molecule has 7 aromatic carbocycles. The molecule has 10 rings (SSSR count). The van der Waals surface area contributed by atoms with Crippen LogP contribution in [0.15, 0.2) is 188 Å². The van der Waals surface area contributed by atoms with Crippen LogP contribution < -0.4 is 0 Å². The number of fused-ring (bicyclic) bond motifs is 6. The second-order valence-electron chi connectivity index (χ2n) is 13.3. The summed E-state index contributed by atoms with van der Waals surface area (Å²) >= 11 is 0. The average molecular weight is 639 g/mol. The first-order valence-corrected chi connectivity index (χ1v) is 17.5. The van der Waals surface area contributed by atoms with Crippen LogP contribution in [-0.2, 0) is 0 Å². The largest absolute Gasteiger partial charge is 0.309 e. The molecule has 2 aromatic heterocycles. The van der Waals surface area contributed by atoms with Crippen LogP contribution in [-0.4, -0.2) is 9.13 Å². The summed E-state index contributed by atoms with van der Waals surface area (Å²) in [6.45, 7) is 0. The van der Waals surface area contributed by atoms with Crippen molar-refractivity contribution in [2.45, 2.75) is 12.3 Å². The monoisotopic (exact) mass is 638 g/mol. The summed E-state index contributed by atoms with van der Waals surface area (Å²) in [7, 11) is 0. The van der Waals surface area contributed by atoms with Crippen molar-refractivity contribution in [3.63, 3.8) is 0 Å². The van der Waals surface area contributed by atoms with E-state index in [9.17, 15) is 0 Å². The Hall–Kier alpha value is -6.38. The van der Waals surface area contributed by atoms with Gasteiger partial charge in [0.05, 0.1) is 22.1 Å². The van der Waals surface area contributed by atoms with Crippen molar-refractivity contribution < 1.29 is 0 Å². The number of hydrogen-bond donors (Lipinski definition) is 0. The molecule has 2 heteroatoms. The molecular weight excluding hydrogens is 605 g/mol. The van der Waals surface area contributed by atoms with Gasteiger partial charge in [-0.3, -0.25) is 0 Å². The number of para-hydroxylation sites is 3. The van der Waals surface area contributed by atoms with Gasteiger partial charge in [0.15, 0.2) is 0 Å². The van der Waals surface area contributed by atoms with Gasteiger partial charge in [-0.05, 0) is 94.9 Å². The smallest absolute Gasteiger partial charge is 0.0541 e. The number of allylic oxidation sites excluding steroid dienone is 4. The first-order chi connectivity index (χ1) is 24.8. The molecule has 0 saturated carbocycles. The third-order valence-corrected chi connectivity index (χ3v) is 10.5. The molecule has 0 amide bonds. The maximum Gasteiger partial charge on any atom is 0.0541 e. The Morgan fingerprint density at radius 1 is 0.400 bits per heavy atom. The minimum atomic E-state index is 0.339. The Kier molecular flexibility index (Phi) is 6.67. The second kappa shape index (κ2) is 11.6. The van der Waals surface area contributed by atoms with E-state index in [2.05, 4.69) is 197 Å². The van der Waals surface area contributed by atoms with Crippen molar-refractivity contribution >= 4 is 49.2 Å². The van der Waals surface area contributed by atoms with Gasteiger partial charge in [0, 0.05) is 38.8 Å². The average Bonchev–Trinajstić information content (AvgIpc) is 3.71. The molecule has 0 spiro atoms. The molecule has 0 saturated heterocycles. The van der Waals surface area contributed by atoms with Gasteiger partial charge < -0.3 is 9.13 Å². The van der Waals surface area contributed by atoms with Crippen LogP contribution in [0, 0.1) is 0 Å². The van der Waals surface area contributed by atoms with Crippen molar-refractivity contribution in [1.29, 1.82) is 0 Å². The quantitative estimate of drug-likeness (QED) is 0.178. The zero-order valence-electron chi connectivity index (χ0n) is 27.6. The minimum absolute atomic E-state index is 0.339. The van der Waals surface area contributed by atoms with Crippen LogP contribution in [0.25, 0.3) is 71.7 Å². The summed E-state index contributed by atoms with van der Waals surface area (Å²) in [4.78, 5) is 0. The van der Waals surface area contributed by atoms with Crippen molar-refractivity contribution in [2.75, 3.05) is 0 Å². The molecule has 1 aliphatic rings. The number of rotatable bonds is 5. The second-order valence-corrected chi connectivity index (χ2v) is 13.3. The maximum absolute atomic E-state index is 2.42. The van der Waals surface area contributed by atoms with Crippen LogP contribution in [0.1, 0.15) is 23.5 Å². The van der Waals surface area contributed by atoms with Gasteiger partial charge in [-0.25, -0.2) is 0 Å². The Labute approximate surface area is 291 Å². The van der Waals surface area contributed by atoms with Gasteiger partial charge in [-0.1, -0.05) is 127 Å². The van der Waals surface area contributed by atoms with E-state index in [1.54, 1.807) is 0 Å². The number of hydrogen-bond acceptors (Lipinski definition) is 0. The molecule has 2 heterocycles. The Morgan fingerprint density at radius 3 is 1.58 bits per heavy atom. The summed E-state index contributed by atoms with van der Waals surface area (Å²) < 4.78 is 4.78. The Bertz CT molecular complexity index is 2760. The maximum atomic E-state index is 2.42. The third kappa shape index (κ3) is 4.64. The molecule has 236 valence electrons. The van der Waals surface area contributed by atoms with E-state index in [-0.39, 0.29) is 0 Å². The van der Waals surface area contributed by atoms with Gasteiger partial charge in [0.25, 0.3) is 0 Å². The molecule has 2 nitrogen and oxygen atoms in total. The van der Waals surface area contributed by atoms with Crippen LogP contribution >= 0.6 is 0 Å². The minimum Gasteiger partial charge on any atom is -0.309 e. The van der Waals surface area contributed by atoms with E-state index >= 15 is 0 Å². The summed E-state index contributed by atoms with van der Waals surface area (Å²) in [5, 5.41) is 5.16. The van der Waals surface area contributed by atoms with E-state index in [0.717, 1.165) is 6.42 Å². The highest BCUT2D eigenvalue weighted by atomic mass is 15.0. The lowest BCUT2D eigenvalue weighted by Crippen LogP contribution is -1.99. The lowest BCUT2D eigenvalue weighted by Gasteiger charge is -2.18. The van der Waals surface area contributed by atoms with Crippen molar-refractivity contribution in [1.82, 2.24) is 9.13 Å². The zero-order chi connectivity index (χ0) is 33.0. The lowest BCUT2D eigenvalue weighted by atomic mass is 9.87. The van der Waals surface area contributed by atoms with Crippen LogP contribution in [0.5, 0.6) is 0 Å². The molecule has 9 aromatic rings. The Morgan fingerprint density at radius 2 is 0.920 bits per heavy atom. The van der Waals surface area contributed by atoms with Gasteiger partial charge in [-0.15, -0.1) is 0 Å². The fourth-order valence-corrected chi connectivity index (χ4v) is 8.02. The van der Waals surface area contributed by atoms with E-state index in [4.69, 9.17) is 0 Å². The third-order valence-electron chi connectivity index (χ3n) is 10.5. The van der Waals surface area contributed by atoms with E-state index in [1.807, 2.05) is 0 Å². The first kappa shape index (κ1) is 28.6. The highest BCUT2D eigenvalue weighted by Crippen LogP contribution is 2.39. The summed E-state index contributed by atoms with van der Waals surface area (Å²) in [5.41, 5.74) is 13.7. The van der Waals surface area contributed by atoms with Crippen molar-refractivity contribution in [3.8, 4) is 22.5 Å². The van der Waals surface area contributed by atoms with Gasteiger partial charge in [0.1, 0.15) is 0 Å². The topological polar surface area (TPSA) is 9.86 Å². The molecule has 0 bridgehead atoms. The van der Waals surface area contributed by atoms with E-state index in [0.29, 0.717) is 5.92 Å². The zero-order valence-corrected chi connectivity index (χ0v) is 27.6. The highest BCUT2D eigenvalue weighted by Gasteiger charge is 2.18. The summed E-state index contributed by atoms with van der Waals surface area (Å²) in [5.74, 6) is 0.339. The van der Waals surface area contributed by atoms with Crippen LogP contribution in [0.4, 0.5) is 0 Å². The molecule has 0 radical (unpaired) electrons. The van der Waals surface area contributed by atoms with Crippen molar-refractivity contribution in [3.05, 3.63) is 199 Å². The molecule has 1 unspecified atom stereocenters. The number of nitrogens with zero attached hydrogens (tertiary/aromatic N) is 2. The highest BCUT2D eigenvalue weighted by molar-refractivity contribution is 6.11.